The maximum atomic E-state index is 11.4. The molecule has 0 atom stereocenters. The molecule has 0 saturated heterocycles. The van der Waals surface area contributed by atoms with Gasteiger partial charge in [0.25, 0.3) is 0 Å². The molecular formula is C11H14N2O4S. The number of carboxylic acid groups (broad SMARTS) is 1. The lowest BCUT2D eigenvalue weighted by molar-refractivity contribution is -0.133. The second-order valence-corrected chi connectivity index (χ2v) is 4.36. The van der Waals surface area contributed by atoms with Crippen molar-refractivity contribution >= 4 is 23.6 Å². The standard InChI is InChI=1S/C11H14N2O4S/c1-17-10-4-8(2-3-12-10)5-13-9(14)6-18-7-11(15)16/h2-4H,5-7H2,1H3,(H,13,14)(H,15,16). The lowest BCUT2D eigenvalue weighted by Gasteiger charge is -2.05. The van der Waals surface area contributed by atoms with Crippen molar-refractivity contribution in [3.05, 3.63) is 23.9 Å². The zero-order chi connectivity index (χ0) is 13.4. The van der Waals surface area contributed by atoms with Gasteiger partial charge in [-0.2, -0.15) is 0 Å². The van der Waals surface area contributed by atoms with Crippen molar-refractivity contribution in [2.75, 3.05) is 18.6 Å². The molecule has 18 heavy (non-hydrogen) atoms. The number of methoxy groups -OCH3 is 1. The zero-order valence-electron chi connectivity index (χ0n) is 9.88. The van der Waals surface area contributed by atoms with Gasteiger partial charge >= 0.3 is 5.97 Å². The fourth-order valence-corrected chi connectivity index (χ4v) is 1.72. The van der Waals surface area contributed by atoms with Gasteiger partial charge in [0.1, 0.15) is 0 Å². The minimum atomic E-state index is -0.924. The van der Waals surface area contributed by atoms with Crippen molar-refractivity contribution in [3.8, 4) is 5.88 Å². The first kappa shape index (κ1) is 14.3. The number of ether oxygens (including phenoxy) is 1. The zero-order valence-corrected chi connectivity index (χ0v) is 10.7. The number of carboxylic acids is 1. The fourth-order valence-electron chi connectivity index (χ4n) is 1.15. The summed E-state index contributed by atoms with van der Waals surface area (Å²) in [4.78, 5) is 25.6. The predicted octanol–water partition coefficient (Wildman–Crippen LogP) is 0.524. The Morgan fingerprint density at radius 1 is 1.50 bits per heavy atom. The number of nitrogens with one attached hydrogen (secondary N) is 1. The van der Waals surface area contributed by atoms with Crippen LogP contribution >= 0.6 is 11.8 Å². The van der Waals surface area contributed by atoms with Gasteiger partial charge in [-0.1, -0.05) is 0 Å². The largest absolute Gasteiger partial charge is 0.481 e. The van der Waals surface area contributed by atoms with Crippen LogP contribution in [0.25, 0.3) is 0 Å². The molecule has 1 aromatic rings. The van der Waals surface area contributed by atoms with Crippen LogP contribution in [0.5, 0.6) is 5.88 Å². The Morgan fingerprint density at radius 2 is 2.28 bits per heavy atom. The number of rotatable bonds is 7. The summed E-state index contributed by atoms with van der Waals surface area (Å²) in [5, 5.41) is 11.1. The molecule has 0 fully saturated rings. The van der Waals surface area contributed by atoms with Crippen LogP contribution in [0.2, 0.25) is 0 Å². The van der Waals surface area contributed by atoms with Crippen molar-refractivity contribution in [1.29, 1.82) is 0 Å². The van der Waals surface area contributed by atoms with Crippen LogP contribution in [-0.4, -0.2) is 40.6 Å². The minimum Gasteiger partial charge on any atom is -0.481 e. The maximum Gasteiger partial charge on any atom is 0.313 e. The lowest BCUT2D eigenvalue weighted by Crippen LogP contribution is -2.25. The molecule has 1 heterocycles. The van der Waals surface area contributed by atoms with Crippen LogP contribution in [0.15, 0.2) is 18.3 Å². The summed E-state index contributed by atoms with van der Waals surface area (Å²) >= 11 is 1.06. The molecule has 0 aromatic carbocycles. The number of nitrogens with zero attached hydrogens (tertiary/aromatic N) is 1. The second-order valence-electron chi connectivity index (χ2n) is 3.37. The van der Waals surface area contributed by atoms with Gasteiger partial charge < -0.3 is 15.2 Å². The van der Waals surface area contributed by atoms with Crippen molar-refractivity contribution in [2.24, 2.45) is 0 Å². The highest BCUT2D eigenvalue weighted by Gasteiger charge is 2.04. The normalized spacial score (nSPS) is 9.83. The van der Waals surface area contributed by atoms with Crippen LogP contribution in [0, 0.1) is 0 Å². The Hall–Kier alpha value is -1.76. The molecule has 1 aromatic heterocycles. The molecule has 2 N–H and O–H groups in total. The average Bonchev–Trinajstić information content (AvgIpc) is 2.36. The van der Waals surface area contributed by atoms with E-state index in [9.17, 15) is 9.59 Å². The Balaban J connectivity index is 2.31. The smallest absolute Gasteiger partial charge is 0.313 e. The Bertz CT molecular complexity index is 425. The average molecular weight is 270 g/mol. The quantitative estimate of drug-likeness (QED) is 0.751. The van der Waals surface area contributed by atoms with Crippen molar-refractivity contribution < 1.29 is 19.4 Å². The lowest BCUT2D eigenvalue weighted by atomic mass is 10.2. The van der Waals surface area contributed by atoms with Crippen molar-refractivity contribution in [3.63, 3.8) is 0 Å². The number of thioether (sulfide) groups is 1. The monoisotopic (exact) mass is 270 g/mol. The molecule has 0 spiro atoms. The molecule has 98 valence electrons. The third kappa shape index (κ3) is 5.53. The summed E-state index contributed by atoms with van der Waals surface area (Å²) in [5.41, 5.74) is 0.874. The molecule has 0 bridgehead atoms. The van der Waals surface area contributed by atoms with Crippen LogP contribution < -0.4 is 10.1 Å². The highest BCUT2D eigenvalue weighted by Crippen LogP contribution is 2.08. The Labute approximate surface area is 109 Å². The Morgan fingerprint density at radius 3 is 2.94 bits per heavy atom. The van der Waals surface area contributed by atoms with E-state index in [0.717, 1.165) is 17.3 Å². The minimum absolute atomic E-state index is 0.0729. The number of hydrogen-bond acceptors (Lipinski definition) is 5. The number of aliphatic carboxylic acids is 1. The third-order valence-corrected chi connectivity index (χ3v) is 2.87. The third-order valence-electron chi connectivity index (χ3n) is 1.96. The number of amides is 1. The van der Waals surface area contributed by atoms with Crippen LogP contribution in [0.3, 0.4) is 0 Å². The summed E-state index contributed by atoms with van der Waals surface area (Å²) in [7, 11) is 1.52. The molecular weight excluding hydrogens is 256 g/mol. The van der Waals surface area contributed by atoms with E-state index in [2.05, 4.69) is 10.3 Å². The molecule has 0 radical (unpaired) electrons. The van der Waals surface area contributed by atoms with Gasteiger partial charge in [-0.05, 0) is 11.6 Å². The predicted molar refractivity (Wildman–Crippen MR) is 67.6 cm³/mol. The first-order chi connectivity index (χ1) is 8.61. The van der Waals surface area contributed by atoms with Gasteiger partial charge in [-0.15, -0.1) is 11.8 Å². The molecule has 6 nitrogen and oxygen atoms in total. The van der Waals surface area contributed by atoms with E-state index in [4.69, 9.17) is 9.84 Å². The number of carbonyl (C=O) groups excluding carboxylic acids is 1. The van der Waals surface area contributed by atoms with Crippen LogP contribution in [0.4, 0.5) is 0 Å². The molecule has 0 aliphatic carbocycles. The van der Waals surface area contributed by atoms with Gasteiger partial charge in [0.05, 0.1) is 18.6 Å². The molecule has 1 amide bonds. The van der Waals surface area contributed by atoms with Crippen LogP contribution in [-0.2, 0) is 16.1 Å². The number of carbonyl (C=O) groups is 2. The van der Waals surface area contributed by atoms with E-state index in [1.165, 1.54) is 7.11 Å². The Kier molecular flexibility index (Phi) is 5.99. The van der Waals surface area contributed by atoms with Crippen molar-refractivity contribution in [2.45, 2.75) is 6.54 Å². The van der Waals surface area contributed by atoms with Gasteiger partial charge in [-0.3, -0.25) is 9.59 Å². The second kappa shape index (κ2) is 7.54. The molecule has 0 saturated carbocycles. The van der Waals surface area contributed by atoms with Crippen LogP contribution in [0.1, 0.15) is 5.56 Å². The van der Waals surface area contributed by atoms with E-state index in [-0.39, 0.29) is 17.4 Å². The van der Waals surface area contributed by atoms with E-state index < -0.39 is 5.97 Å². The summed E-state index contributed by atoms with van der Waals surface area (Å²) < 4.78 is 4.96. The molecule has 1 rings (SSSR count). The van der Waals surface area contributed by atoms with E-state index in [1.54, 1.807) is 18.3 Å². The molecule has 0 aliphatic rings. The first-order valence-electron chi connectivity index (χ1n) is 5.17. The van der Waals surface area contributed by atoms with Crippen molar-refractivity contribution in [1.82, 2.24) is 10.3 Å². The van der Waals surface area contributed by atoms with E-state index in [0.29, 0.717) is 12.4 Å². The van der Waals surface area contributed by atoms with Gasteiger partial charge in [0, 0.05) is 18.8 Å². The van der Waals surface area contributed by atoms with Gasteiger partial charge in [0.2, 0.25) is 11.8 Å². The first-order valence-corrected chi connectivity index (χ1v) is 6.32. The summed E-state index contributed by atoms with van der Waals surface area (Å²) in [6.07, 6.45) is 1.60. The summed E-state index contributed by atoms with van der Waals surface area (Å²) in [6.45, 7) is 0.366. The van der Waals surface area contributed by atoms with Gasteiger partial charge in [-0.25, -0.2) is 4.98 Å². The molecule has 7 heteroatoms. The maximum absolute atomic E-state index is 11.4. The molecule has 0 unspecified atom stereocenters. The topological polar surface area (TPSA) is 88.5 Å². The molecule has 0 aliphatic heterocycles. The summed E-state index contributed by atoms with van der Waals surface area (Å²) in [5.74, 6) is -0.573. The van der Waals surface area contributed by atoms with E-state index >= 15 is 0 Å². The fraction of sp³-hybridized carbons (Fsp3) is 0.364. The van der Waals surface area contributed by atoms with E-state index in [1.807, 2.05) is 0 Å². The number of aromatic nitrogens is 1. The number of pyridine rings is 1. The SMILES string of the molecule is COc1cc(CNC(=O)CSCC(=O)O)ccn1. The highest BCUT2D eigenvalue weighted by atomic mass is 32.2. The highest BCUT2D eigenvalue weighted by molar-refractivity contribution is 8.00. The summed E-state index contributed by atoms with van der Waals surface area (Å²) in [6, 6.07) is 3.50. The number of hydrogen-bond donors (Lipinski definition) is 2. The van der Waals surface area contributed by atoms with Gasteiger partial charge in [0.15, 0.2) is 0 Å².